The fourth-order valence-corrected chi connectivity index (χ4v) is 6.32. The number of fused-ring (bicyclic) bond motifs is 2. The van der Waals surface area contributed by atoms with Crippen molar-refractivity contribution in [1.29, 1.82) is 0 Å². The third-order valence-corrected chi connectivity index (χ3v) is 9.54. The van der Waals surface area contributed by atoms with Crippen LogP contribution in [0.15, 0.2) is 169 Å². The third-order valence-electron chi connectivity index (χ3n) is 9.54. The summed E-state index contributed by atoms with van der Waals surface area (Å²) >= 11 is 0. The number of hydrogen-bond donors (Lipinski definition) is 4. The Hall–Kier alpha value is -7.00. The van der Waals surface area contributed by atoms with E-state index in [0.29, 0.717) is 22.4 Å². The zero-order chi connectivity index (χ0) is 40.1. The number of phenols is 2. The number of nitrogens with zero attached hydrogens (tertiary/aromatic N) is 3. The highest BCUT2D eigenvalue weighted by atomic mass is 19.1. The molecule has 0 saturated heterocycles. The lowest BCUT2D eigenvalue weighted by Gasteiger charge is -2.23. The molecule has 0 bridgehead atoms. The van der Waals surface area contributed by atoms with Crippen molar-refractivity contribution in [2.24, 2.45) is 0 Å². The Kier molecular flexibility index (Phi) is 13.3. The fraction of sp³-hybridized carbons (Fsp3) is 0.146. The summed E-state index contributed by atoms with van der Waals surface area (Å²) in [6, 6.07) is 34.2. The Morgan fingerprint density at radius 2 is 1.32 bits per heavy atom. The van der Waals surface area contributed by atoms with Crippen molar-refractivity contribution in [3.05, 3.63) is 197 Å². The zero-order valence-electron chi connectivity index (χ0n) is 32.4. The summed E-state index contributed by atoms with van der Waals surface area (Å²) in [7, 11) is 1.65. The number of halogens is 1. The molecule has 288 valence electrons. The van der Waals surface area contributed by atoms with Crippen LogP contribution in [0.25, 0.3) is 21.8 Å². The number of pyridine rings is 3. The van der Waals surface area contributed by atoms with E-state index in [1.807, 2.05) is 116 Å². The molecule has 7 rings (SSSR count). The van der Waals surface area contributed by atoms with Crippen LogP contribution in [0, 0.1) is 5.82 Å². The Bertz CT molecular complexity index is 2520. The number of ether oxygens (including phenoxy) is 1. The maximum Gasteiger partial charge on any atom is 0.147 e. The zero-order valence-corrected chi connectivity index (χ0v) is 32.4. The SMILES string of the molecule is CCC(C)=C/C=C\C=C(/C)NC(c1cccc(OC)c1)c1ccc2cccnc2c1O.Oc1c(C(Nc2ccccn2)c2ccc(F)cc2)ccc2cccnc12. The van der Waals surface area contributed by atoms with Crippen molar-refractivity contribution in [3.63, 3.8) is 0 Å². The molecule has 4 N–H and O–H groups in total. The van der Waals surface area contributed by atoms with Gasteiger partial charge in [0, 0.05) is 46.2 Å². The van der Waals surface area contributed by atoms with E-state index >= 15 is 0 Å². The molecular formula is C48H46FN5O3. The van der Waals surface area contributed by atoms with Gasteiger partial charge >= 0.3 is 0 Å². The second-order valence-corrected chi connectivity index (χ2v) is 13.5. The highest BCUT2D eigenvalue weighted by Gasteiger charge is 2.22. The second kappa shape index (κ2) is 19.0. The Labute approximate surface area is 332 Å². The van der Waals surface area contributed by atoms with Gasteiger partial charge in [-0.2, -0.15) is 0 Å². The number of aromatic hydroxyl groups is 2. The Balaban J connectivity index is 0.000000195. The molecule has 9 heteroatoms. The normalized spacial score (nSPS) is 12.9. The van der Waals surface area contributed by atoms with Gasteiger partial charge in [-0.15, -0.1) is 0 Å². The highest BCUT2D eigenvalue weighted by molar-refractivity contribution is 5.86. The van der Waals surface area contributed by atoms with E-state index in [-0.39, 0.29) is 23.4 Å². The molecule has 3 heterocycles. The van der Waals surface area contributed by atoms with Crippen molar-refractivity contribution in [2.75, 3.05) is 12.4 Å². The standard InChI is InChI=1S/C27H30N2O2.C21H16FN3O/c1-5-19(2)10-6-7-11-20(3)29-25(22-12-8-14-23(18-22)31-4)24-16-15-21-13-9-17-28-26(21)27(24)30;22-16-9-6-15(7-10-16)19(25-18-5-1-2-12-23-18)17-11-8-14-4-3-13-24-20(14)21(17)26/h6-18,25,29-30H,5H2,1-4H3;1-13,19,26H,(H,23,25)/b7-6-,19-10?,20-11+;. The number of anilines is 1. The monoisotopic (exact) mass is 759 g/mol. The lowest BCUT2D eigenvalue weighted by atomic mass is 9.95. The molecule has 4 aromatic carbocycles. The molecular weight excluding hydrogens is 714 g/mol. The van der Waals surface area contributed by atoms with Crippen LogP contribution in [-0.4, -0.2) is 32.3 Å². The van der Waals surface area contributed by atoms with E-state index in [1.165, 1.54) is 17.7 Å². The van der Waals surface area contributed by atoms with Gasteiger partial charge in [-0.3, -0.25) is 9.97 Å². The molecule has 2 atom stereocenters. The van der Waals surface area contributed by atoms with Crippen LogP contribution in [0.2, 0.25) is 0 Å². The van der Waals surface area contributed by atoms with Crippen molar-refractivity contribution in [3.8, 4) is 17.2 Å². The summed E-state index contributed by atoms with van der Waals surface area (Å²) in [5, 5.41) is 30.5. The molecule has 7 aromatic rings. The van der Waals surface area contributed by atoms with Crippen LogP contribution in [0.4, 0.5) is 10.2 Å². The average Bonchev–Trinajstić information content (AvgIpc) is 3.25. The molecule has 0 fully saturated rings. The van der Waals surface area contributed by atoms with Crippen LogP contribution < -0.4 is 15.4 Å². The maximum atomic E-state index is 13.4. The lowest BCUT2D eigenvalue weighted by Crippen LogP contribution is -2.21. The quantitative estimate of drug-likeness (QED) is 0.0911. The van der Waals surface area contributed by atoms with Crippen LogP contribution in [0.3, 0.4) is 0 Å². The van der Waals surface area contributed by atoms with Gasteiger partial charge in [0.1, 0.15) is 39.9 Å². The largest absolute Gasteiger partial charge is 0.505 e. The number of aromatic nitrogens is 3. The van der Waals surface area contributed by atoms with Gasteiger partial charge < -0.3 is 25.6 Å². The summed E-state index contributed by atoms with van der Waals surface area (Å²) in [6.45, 7) is 6.28. The first-order valence-electron chi connectivity index (χ1n) is 18.7. The average molecular weight is 760 g/mol. The molecule has 0 aliphatic carbocycles. The fourth-order valence-electron chi connectivity index (χ4n) is 6.32. The summed E-state index contributed by atoms with van der Waals surface area (Å²) in [4.78, 5) is 13.0. The van der Waals surface area contributed by atoms with E-state index in [4.69, 9.17) is 4.74 Å². The molecule has 0 aliphatic heterocycles. The first-order chi connectivity index (χ1) is 27.7. The van der Waals surface area contributed by atoms with Gasteiger partial charge in [0.2, 0.25) is 0 Å². The number of methoxy groups -OCH3 is 1. The number of rotatable bonds is 12. The third kappa shape index (κ3) is 10.0. The molecule has 8 nitrogen and oxygen atoms in total. The summed E-state index contributed by atoms with van der Waals surface area (Å²) in [5.74, 6) is 1.39. The molecule has 0 spiro atoms. The van der Waals surface area contributed by atoms with Crippen LogP contribution in [-0.2, 0) is 0 Å². The predicted octanol–water partition coefficient (Wildman–Crippen LogP) is 11.1. The van der Waals surface area contributed by atoms with E-state index in [2.05, 4.69) is 45.5 Å². The van der Waals surface area contributed by atoms with E-state index in [9.17, 15) is 14.6 Å². The minimum absolute atomic E-state index is 0.0980. The van der Waals surface area contributed by atoms with Gasteiger partial charge in [0.05, 0.1) is 19.2 Å². The van der Waals surface area contributed by atoms with Crippen LogP contribution in [0.5, 0.6) is 17.2 Å². The van der Waals surface area contributed by atoms with Crippen molar-refractivity contribution in [2.45, 2.75) is 39.3 Å². The van der Waals surface area contributed by atoms with Crippen LogP contribution in [0.1, 0.15) is 61.5 Å². The summed E-state index contributed by atoms with van der Waals surface area (Å²) in [5.41, 5.74) is 6.64. The van der Waals surface area contributed by atoms with Crippen LogP contribution >= 0.6 is 0 Å². The topological polar surface area (TPSA) is 112 Å². The van der Waals surface area contributed by atoms with Crippen molar-refractivity contribution >= 4 is 27.6 Å². The van der Waals surface area contributed by atoms with Gasteiger partial charge in [-0.1, -0.05) is 97.5 Å². The number of benzene rings is 4. The summed E-state index contributed by atoms with van der Waals surface area (Å²) < 4.78 is 18.8. The first-order valence-corrected chi connectivity index (χ1v) is 18.7. The van der Waals surface area contributed by atoms with E-state index in [0.717, 1.165) is 45.3 Å². The molecule has 3 aromatic heterocycles. The van der Waals surface area contributed by atoms with Gasteiger partial charge in [0.15, 0.2) is 0 Å². The molecule has 57 heavy (non-hydrogen) atoms. The predicted molar refractivity (Wildman–Crippen MR) is 228 cm³/mol. The first kappa shape index (κ1) is 39.7. The second-order valence-electron chi connectivity index (χ2n) is 13.5. The molecule has 2 unspecified atom stereocenters. The summed E-state index contributed by atoms with van der Waals surface area (Å²) in [6.07, 6.45) is 14.3. The van der Waals surface area contributed by atoms with Crippen molar-refractivity contribution < 1.29 is 19.3 Å². The number of nitrogens with one attached hydrogen (secondary N) is 2. The number of hydrogen-bond acceptors (Lipinski definition) is 8. The molecule has 0 amide bonds. The van der Waals surface area contributed by atoms with Gasteiger partial charge in [0.25, 0.3) is 0 Å². The van der Waals surface area contributed by atoms with E-state index in [1.54, 1.807) is 37.8 Å². The lowest BCUT2D eigenvalue weighted by molar-refractivity contribution is 0.413. The van der Waals surface area contributed by atoms with Crippen molar-refractivity contribution in [1.82, 2.24) is 20.3 Å². The minimum atomic E-state index is -0.406. The Morgan fingerprint density at radius 3 is 1.93 bits per heavy atom. The van der Waals surface area contributed by atoms with Gasteiger partial charge in [-0.05, 0) is 86.0 Å². The maximum absolute atomic E-state index is 13.4. The molecule has 0 radical (unpaired) electrons. The number of allylic oxidation sites excluding steroid dienone is 6. The molecule has 0 aliphatic rings. The number of phenolic OH excluding ortho intramolecular Hbond substituents is 2. The molecule has 0 saturated carbocycles. The smallest absolute Gasteiger partial charge is 0.147 e. The Morgan fingerprint density at radius 1 is 0.684 bits per heavy atom. The van der Waals surface area contributed by atoms with Gasteiger partial charge in [-0.25, -0.2) is 9.37 Å². The van der Waals surface area contributed by atoms with E-state index < -0.39 is 6.04 Å². The highest BCUT2D eigenvalue weighted by Crippen LogP contribution is 2.37. The minimum Gasteiger partial charge on any atom is -0.505 e.